The number of carbonyl (C=O) groups is 1. The largest absolute Gasteiger partial charge is 0.293 e. The van der Waals surface area contributed by atoms with Crippen molar-refractivity contribution in [2.75, 3.05) is 6.54 Å². The normalized spacial score (nSPS) is 16.1. The predicted molar refractivity (Wildman–Crippen MR) is 142 cm³/mol. The molecule has 0 bridgehead atoms. The molecular formula is C27H29N3OS2. The molecule has 1 saturated heterocycles. The highest BCUT2D eigenvalue weighted by molar-refractivity contribution is 8.26. The van der Waals surface area contributed by atoms with Gasteiger partial charge in [-0.2, -0.15) is 5.10 Å². The van der Waals surface area contributed by atoms with Gasteiger partial charge in [-0.25, -0.2) is 4.68 Å². The van der Waals surface area contributed by atoms with Gasteiger partial charge in [0.2, 0.25) is 0 Å². The number of amides is 1. The molecule has 33 heavy (non-hydrogen) atoms. The number of para-hydroxylation sites is 1. The molecule has 1 fully saturated rings. The molecule has 1 unspecified atom stereocenters. The Hall–Kier alpha value is -2.70. The Bertz CT molecular complexity index is 1140. The van der Waals surface area contributed by atoms with E-state index in [0.29, 0.717) is 21.7 Å². The number of hydrogen-bond acceptors (Lipinski definition) is 4. The van der Waals surface area contributed by atoms with Gasteiger partial charge in [0.15, 0.2) is 0 Å². The SMILES string of the molecule is CCCCC(CC)CN1C(=O)/C(=C\c2cn(-c3ccccc3)nc2-c2ccccc2)SC1=S. The summed E-state index contributed by atoms with van der Waals surface area (Å²) in [6.45, 7) is 5.10. The maximum atomic E-state index is 13.3. The van der Waals surface area contributed by atoms with E-state index in [1.165, 1.54) is 24.6 Å². The molecule has 6 heteroatoms. The van der Waals surface area contributed by atoms with Crippen molar-refractivity contribution in [3.05, 3.63) is 77.3 Å². The Morgan fingerprint density at radius 2 is 1.76 bits per heavy atom. The van der Waals surface area contributed by atoms with Crippen molar-refractivity contribution >= 4 is 40.3 Å². The van der Waals surface area contributed by atoms with Gasteiger partial charge in [0.05, 0.1) is 16.3 Å². The summed E-state index contributed by atoms with van der Waals surface area (Å²) in [6, 6.07) is 20.1. The number of thioether (sulfide) groups is 1. The standard InChI is InChI=1S/C27H29N3OS2/c1-3-5-12-20(4-2)18-29-26(31)24(33-27(29)32)17-22-19-30(23-15-10-7-11-16-23)28-25(22)21-13-8-6-9-14-21/h6-11,13-17,19-20H,3-5,12,18H2,1-2H3/b24-17+. The zero-order valence-corrected chi connectivity index (χ0v) is 20.7. The van der Waals surface area contributed by atoms with Gasteiger partial charge in [-0.05, 0) is 30.5 Å². The first-order chi connectivity index (χ1) is 16.1. The van der Waals surface area contributed by atoms with Crippen LogP contribution in [0.1, 0.15) is 45.1 Å². The van der Waals surface area contributed by atoms with Gasteiger partial charge >= 0.3 is 0 Å². The van der Waals surface area contributed by atoms with Gasteiger partial charge in [0, 0.05) is 23.9 Å². The topological polar surface area (TPSA) is 38.1 Å². The van der Waals surface area contributed by atoms with E-state index in [-0.39, 0.29) is 5.91 Å². The molecule has 1 aliphatic rings. The minimum Gasteiger partial charge on any atom is -0.293 e. The Labute approximate surface area is 205 Å². The molecule has 1 aromatic heterocycles. The van der Waals surface area contributed by atoms with E-state index in [9.17, 15) is 4.79 Å². The predicted octanol–water partition coefficient (Wildman–Crippen LogP) is 6.96. The number of nitrogens with zero attached hydrogens (tertiary/aromatic N) is 3. The lowest BCUT2D eigenvalue weighted by Gasteiger charge is -2.21. The second-order valence-corrected chi connectivity index (χ2v) is 9.96. The molecule has 1 aliphatic heterocycles. The van der Waals surface area contributed by atoms with Crippen molar-refractivity contribution < 1.29 is 4.79 Å². The zero-order valence-electron chi connectivity index (χ0n) is 19.1. The van der Waals surface area contributed by atoms with Crippen molar-refractivity contribution in [2.24, 2.45) is 5.92 Å². The molecule has 1 amide bonds. The van der Waals surface area contributed by atoms with Gasteiger partial charge < -0.3 is 0 Å². The molecule has 2 aromatic carbocycles. The molecule has 4 rings (SSSR count). The van der Waals surface area contributed by atoms with Crippen molar-refractivity contribution in [3.8, 4) is 16.9 Å². The highest BCUT2D eigenvalue weighted by Crippen LogP contribution is 2.35. The molecule has 0 spiro atoms. The average molecular weight is 476 g/mol. The van der Waals surface area contributed by atoms with E-state index in [1.807, 2.05) is 77.6 Å². The van der Waals surface area contributed by atoms with Crippen LogP contribution >= 0.6 is 24.0 Å². The van der Waals surface area contributed by atoms with Crippen molar-refractivity contribution in [2.45, 2.75) is 39.5 Å². The summed E-state index contributed by atoms with van der Waals surface area (Å²) in [5, 5.41) is 4.86. The van der Waals surface area contributed by atoms with Crippen LogP contribution in [-0.4, -0.2) is 31.5 Å². The Kier molecular flexibility index (Phi) is 7.78. The minimum absolute atomic E-state index is 0.00595. The average Bonchev–Trinajstić information content (AvgIpc) is 3.39. The molecule has 0 aliphatic carbocycles. The molecule has 3 aromatic rings. The third-order valence-corrected chi connectivity index (χ3v) is 7.33. The lowest BCUT2D eigenvalue weighted by molar-refractivity contribution is -0.122. The Morgan fingerprint density at radius 1 is 1.06 bits per heavy atom. The van der Waals surface area contributed by atoms with E-state index < -0.39 is 0 Å². The van der Waals surface area contributed by atoms with Gasteiger partial charge in [-0.3, -0.25) is 9.69 Å². The Morgan fingerprint density at radius 3 is 2.42 bits per heavy atom. The maximum Gasteiger partial charge on any atom is 0.266 e. The van der Waals surface area contributed by atoms with E-state index in [2.05, 4.69) is 13.8 Å². The van der Waals surface area contributed by atoms with Crippen LogP contribution in [0.5, 0.6) is 0 Å². The number of benzene rings is 2. The lowest BCUT2D eigenvalue weighted by atomic mass is 9.99. The van der Waals surface area contributed by atoms with Crippen molar-refractivity contribution in [3.63, 3.8) is 0 Å². The fourth-order valence-electron chi connectivity index (χ4n) is 4.00. The Balaban J connectivity index is 1.66. The summed E-state index contributed by atoms with van der Waals surface area (Å²) in [5.74, 6) is 0.485. The summed E-state index contributed by atoms with van der Waals surface area (Å²) in [6.07, 6.45) is 8.47. The number of thiocarbonyl (C=S) groups is 1. The number of aromatic nitrogens is 2. The zero-order chi connectivity index (χ0) is 23.2. The summed E-state index contributed by atoms with van der Waals surface area (Å²) in [7, 11) is 0. The lowest BCUT2D eigenvalue weighted by Crippen LogP contribution is -2.33. The van der Waals surface area contributed by atoms with Crippen molar-refractivity contribution in [1.29, 1.82) is 0 Å². The van der Waals surface area contributed by atoms with E-state index in [4.69, 9.17) is 17.3 Å². The van der Waals surface area contributed by atoms with Crippen molar-refractivity contribution in [1.82, 2.24) is 14.7 Å². The van der Waals surface area contributed by atoms with E-state index in [1.54, 1.807) is 4.90 Å². The molecule has 1 atom stereocenters. The number of hydrogen-bond donors (Lipinski definition) is 0. The highest BCUT2D eigenvalue weighted by atomic mass is 32.2. The van der Waals surface area contributed by atoms with Crippen LogP contribution in [-0.2, 0) is 4.79 Å². The van der Waals surface area contributed by atoms with Crippen LogP contribution in [0.3, 0.4) is 0 Å². The van der Waals surface area contributed by atoms with Crippen LogP contribution in [0.4, 0.5) is 0 Å². The number of rotatable bonds is 9. The highest BCUT2D eigenvalue weighted by Gasteiger charge is 2.33. The molecule has 170 valence electrons. The summed E-state index contributed by atoms with van der Waals surface area (Å²) >= 11 is 7.00. The molecule has 0 N–H and O–H groups in total. The van der Waals surface area contributed by atoms with Gasteiger partial charge in [0.25, 0.3) is 5.91 Å². The first kappa shape index (κ1) is 23.5. The minimum atomic E-state index is 0.00595. The quantitative estimate of drug-likeness (QED) is 0.248. The second-order valence-electron chi connectivity index (χ2n) is 8.29. The fourth-order valence-corrected chi connectivity index (χ4v) is 5.27. The smallest absolute Gasteiger partial charge is 0.266 e. The van der Waals surface area contributed by atoms with Crippen LogP contribution < -0.4 is 0 Å². The van der Waals surface area contributed by atoms with Crippen LogP contribution in [0.2, 0.25) is 0 Å². The third kappa shape index (κ3) is 5.45. The fraction of sp³-hybridized carbons (Fsp3) is 0.296. The second kappa shape index (κ2) is 10.9. The van der Waals surface area contributed by atoms with Crippen LogP contribution in [0.15, 0.2) is 71.8 Å². The first-order valence-electron chi connectivity index (χ1n) is 11.6. The summed E-state index contributed by atoms with van der Waals surface area (Å²) in [4.78, 5) is 15.7. The van der Waals surface area contributed by atoms with Gasteiger partial charge in [-0.15, -0.1) is 0 Å². The molecule has 4 nitrogen and oxygen atoms in total. The third-order valence-electron chi connectivity index (χ3n) is 5.95. The monoisotopic (exact) mass is 475 g/mol. The maximum absolute atomic E-state index is 13.3. The molecule has 0 radical (unpaired) electrons. The molecular weight excluding hydrogens is 446 g/mol. The molecule has 0 saturated carbocycles. The van der Waals surface area contributed by atoms with Gasteiger partial charge in [0.1, 0.15) is 4.32 Å². The number of carbonyl (C=O) groups excluding carboxylic acids is 1. The van der Waals surface area contributed by atoms with Gasteiger partial charge in [-0.1, -0.05) is 106 Å². The van der Waals surface area contributed by atoms with E-state index in [0.717, 1.165) is 35.3 Å². The first-order valence-corrected chi connectivity index (χ1v) is 12.8. The summed E-state index contributed by atoms with van der Waals surface area (Å²) < 4.78 is 2.52. The van der Waals surface area contributed by atoms with Crippen LogP contribution in [0, 0.1) is 5.92 Å². The molecule has 2 heterocycles. The van der Waals surface area contributed by atoms with E-state index >= 15 is 0 Å². The summed E-state index contributed by atoms with van der Waals surface area (Å²) in [5.41, 5.74) is 3.74. The van der Waals surface area contributed by atoms with Crippen LogP contribution in [0.25, 0.3) is 23.0 Å². The number of unbranched alkanes of at least 4 members (excludes halogenated alkanes) is 1.